The summed E-state index contributed by atoms with van der Waals surface area (Å²) in [6.45, 7) is 2.22. The van der Waals surface area contributed by atoms with Gasteiger partial charge in [-0.05, 0) is 45.5 Å². The van der Waals surface area contributed by atoms with Gasteiger partial charge in [-0.15, -0.1) is 11.3 Å². The van der Waals surface area contributed by atoms with Gasteiger partial charge in [0.25, 0.3) is 0 Å². The number of fused-ring (bicyclic) bond motifs is 10. The molecule has 0 aliphatic carbocycles. The molecular weight excluding hydrogens is 332 g/mol. The highest BCUT2D eigenvalue weighted by molar-refractivity contribution is 7.27. The van der Waals surface area contributed by atoms with Crippen molar-refractivity contribution in [3.8, 4) is 0 Å². The SMILES string of the molecule is Cc1cc2sc3c4ccccc4c4ccccc4c3c2c2ccccc12. The van der Waals surface area contributed by atoms with E-state index in [0.717, 1.165) is 0 Å². The fraction of sp³-hybridized carbons (Fsp3) is 0.0400. The first kappa shape index (κ1) is 14.3. The quantitative estimate of drug-likeness (QED) is 0.245. The van der Waals surface area contributed by atoms with E-state index in [1.807, 2.05) is 11.3 Å². The van der Waals surface area contributed by atoms with Crippen molar-refractivity contribution in [2.24, 2.45) is 0 Å². The zero-order valence-corrected chi connectivity index (χ0v) is 15.2. The van der Waals surface area contributed by atoms with Crippen LogP contribution >= 0.6 is 11.3 Å². The number of rotatable bonds is 0. The van der Waals surface area contributed by atoms with Crippen LogP contribution < -0.4 is 0 Å². The molecule has 0 nitrogen and oxygen atoms in total. The Kier molecular flexibility index (Phi) is 2.78. The van der Waals surface area contributed by atoms with E-state index in [4.69, 9.17) is 0 Å². The van der Waals surface area contributed by atoms with E-state index in [2.05, 4.69) is 85.8 Å². The van der Waals surface area contributed by atoms with Gasteiger partial charge in [-0.2, -0.15) is 0 Å². The van der Waals surface area contributed by atoms with E-state index in [-0.39, 0.29) is 0 Å². The Morgan fingerprint density at radius 2 is 1.04 bits per heavy atom. The van der Waals surface area contributed by atoms with Gasteiger partial charge in [0, 0.05) is 25.6 Å². The Morgan fingerprint density at radius 1 is 0.538 bits per heavy atom. The van der Waals surface area contributed by atoms with Crippen LogP contribution in [0.15, 0.2) is 78.9 Å². The molecule has 0 saturated heterocycles. The summed E-state index contributed by atoms with van der Waals surface area (Å²) in [4.78, 5) is 0. The first-order chi connectivity index (χ1) is 12.8. The molecule has 0 amide bonds. The van der Waals surface area contributed by atoms with E-state index < -0.39 is 0 Å². The molecule has 0 aliphatic heterocycles. The molecule has 0 N–H and O–H groups in total. The van der Waals surface area contributed by atoms with Crippen molar-refractivity contribution in [1.82, 2.24) is 0 Å². The minimum Gasteiger partial charge on any atom is -0.134 e. The molecule has 0 bridgehead atoms. The van der Waals surface area contributed by atoms with Crippen molar-refractivity contribution in [2.45, 2.75) is 6.92 Å². The van der Waals surface area contributed by atoms with Crippen LogP contribution in [0.3, 0.4) is 0 Å². The third-order valence-electron chi connectivity index (χ3n) is 5.56. The Hall–Kier alpha value is -2.90. The smallest absolute Gasteiger partial charge is 0.0440 e. The van der Waals surface area contributed by atoms with Gasteiger partial charge in [0.2, 0.25) is 0 Å². The minimum absolute atomic E-state index is 1.35. The second-order valence-electron chi connectivity index (χ2n) is 7.01. The number of hydrogen-bond acceptors (Lipinski definition) is 1. The summed E-state index contributed by atoms with van der Waals surface area (Å²) < 4.78 is 2.79. The average Bonchev–Trinajstić information content (AvgIpc) is 3.08. The fourth-order valence-corrected chi connectivity index (χ4v) is 5.81. The topological polar surface area (TPSA) is 0 Å². The highest BCUT2D eigenvalue weighted by atomic mass is 32.1. The lowest BCUT2D eigenvalue weighted by Gasteiger charge is -2.08. The van der Waals surface area contributed by atoms with E-state index in [1.54, 1.807) is 0 Å². The molecule has 0 radical (unpaired) electrons. The summed E-state index contributed by atoms with van der Waals surface area (Å²) in [7, 11) is 0. The van der Waals surface area contributed by atoms with Gasteiger partial charge < -0.3 is 0 Å². The van der Waals surface area contributed by atoms with E-state index >= 15 is 0 Å². The molecule has 1 heteroatoms. The molecule has 0 atom stereocenters. The number of thiophene rings is 1. The van der Waals surface area contributed by atoms with Crippen LogP contribution in [0.5, 0.6) is 0 Å². The van der Waals surface area contributed by atoms with Crippen molar-refractivity contribution in [2.75, 3.05) is 0 Å². The fourth-order valence-electron chi connectivity index (χ4n) is 4.44. The van der Waals surface area contributed by atoms with E-state index in [9.17, 15) is 0 Å². The number of benzene rings is 5. The van der Waals surface area contributed by atoms with Crippen LogP contribution in [0.2, 0.25) is 0 Å². The lowest BCUT2D eigenvalue weighted by Crippen LogP contribution is -1.82. The highest BCUT2D eigenvalue weighted by Gasteiger charge is 2.16. The predicted molar refractivity (Wildman–Crippen MR) is 117 cm³/mol. The monoisotopic (exact) mass is 348 g/mol. The van der Waals surface area contributed by atoms with Crippen LogP contribution in [-0.2, 0) is 0 Å². The largest absolute Gasteiger partial charge is 0.134 e. The first-order valence-corrected chi connectivity index (χ1v) is 9.78. The maximum Gasteiger partial charge on any atom is 0.0440 e. The molecule has 26 heavy (non-hydrogen) atoms. The Bertz CT molecular complexity index is 1480. The molecule has 1 heterocycles. The third-order valence-corrected chi connectivity index (χ3v) is 6.73. The Morgan fingerprint density at radius 3 is 1.73 bits per heavy atom. The molecular formula is C25H16S. The molecule has 0 spiro atoms. The van der Waals surface area contributed by atoms with Gasteiger partial charge >= 0.3 is 0 Å². The van der Waals surface area contributed by atoms with Gasteiger partial charge in [-0.3, -0.25) is 0 Å². The van der Waals surface area contributed by atoms with Crippen LogP contribution in [0.4, 0.5) is 0 Å². The van der Waals surface area contributed by atoms with Crippen molar-refractivity contribution in [3.05, 3.63) is 84.4 Å². The lowest BCUT2D eigenvalue weighted by molar-refractivity contribution is 1.57. The van der Waals surface area contributed by atoms with Crippen LogP contribution in [0.1, 0.15) is 5.56 Å². The zero-order valence-electron chi connectivity index (χ0n) is 14.4. The summed E-state index contributed by atoms with van der Waals surface area (Å²) in [6, 6.07) is 28.9. The second kappa shape index (κ2) is 5.06. The number of aryl methyl sites for hydroxylation is 1. The van der Waals surface area contributed by atoms with E-state index in [1.165, 1.54) is 58.1 Å². The van der Waals surface area contributed by atoms with Gasteiger partial charge in [0.05, 0.1) is 0 Å². The first-order valence-electron chi connectivity index (χ1n) is 8.97. The summed E-state index contributed by atoms with van der Waals surface area (Å²) in [6.07, 6.45) is 0. The molecule has 1 aromatic heterocycles. The second-order valence-corrected chi connectivity index (χ2v) is 8.06. The Labute approximate surface area is 155 Å². The summed E-state index contributed by atoms with van der Waals surface area (Å²) in [5.41, 5.74) is 1.35. The summed E-state index contributed by atoms with van der Waals surface area (Å²) in [5, 5.41) is 11.0. The minimum atomic E-state index is 1.35. The van der Waals surface area contributed by atoms with Crippen molar-refractivity contribution >= 4 is 63.8 Å². The maximum atomic E-state index is 2.37. The predicted octanol–water partition coefficient (Wildman–Crippen LogP) is 7.82. The number of hydrogen-bond donors (Lipinski definition) is 0. The summed E-state index contributed by atoms with van der Waals surface area (Å²) >= 11 is 1.94. The molecule has 122 valence electrons. The molecule has 0 unspecified atom stereocenters. The van der Waals surface area contributed by atoms with Crippen LogP contribution in [0, 0.1) is 6.92 Å². The van der Waals surface area contributed by atoms with Crippen molar-refractivity contribution in [1.29, 1.82) is 0 Å². The molecule has 0 aliphatic rings. The third kappa shape index (κ3) is 1.73. The standard InChI is InChI=1S/C25H16S/c1-15-14-22-23(19-11-5-2-8-16(15)19)24-20-12-6-3-9-17(20)18-10-4-7-13-21(18)25(24)26-22/h2-14H,1H3. The molecule has 0 fully saturated rings. The molecule has 6 rings (SSSR count). The van der Waals surface area contributed by atoms with Gasteiger partial charge in [0.1, 0.15) is 0 Å². The lowest BCUT2D eigenvalue weighted by atomic mass is 9.94. The molecule has 6 aromatic rings. The molecule has 5 aromatic carbocycles. The van der Waals surface area contributed by atoms with Gasteiger partial charge in [-0.25, -0.2) is 0 Å². The zero-order chi connectivity index (χ0) is 17.3. The van der Waals surface area contributed by atoms with Gasteiger partial charge in [-0.1, -0.05) is 72.8 Å². The normalized spacial score (nSPS) is 12.0. The Balaban J connectivity index is 2.05. The average molecular weight is 348 g/mol. The van der Waals surface area contributed by atoms with E-state index in [0.29, 0.717) is 0 Å². The molecule has 0 saturated carbocycles. The van der Waals surface area contributed by atoms with Crippen molar-refractivity contribution in [3.63, 3.8) is 0 Å². The summed E-state index contributed by atoms with van der Waals surface area (Å²) in [5.74, 6) is 0. The van der Waals surface area contributed by atoms with Crippen LogP contribution in [-0.4, -0.2) is 0 Å². The highest BCUT2D eigenvalue weighted by Crippen LogP contribution is 2.46. The van der Waals surface area contributed by atoms with Gasteiger partial charge in [0.15, 0.2) is 0 Å². The maximum absolute atomic E-state index is 2.37. The van der Waals surface area contributed by atoms with Crippen LogP contribution in [0.25, 0.3) is 52.5 Å². The van der Waals surface area contributed by atoms with Crippen molar-refractivity contribution < 1.29 is 0 Å².